The second-order valence-corrected chi connectivity index (χ2v) is 7.57. The van der Waals surface area contributed by atoms with Gasteiger partial charge in [0.15, 0.2) is 0 Å². The zero-order valence-corrected chi connectivity index (χ0v) is 16.5. The predicted octanol–water partition coefficient (Wildman–Crippen LogP) is 4.29. The minimum atomic E-state index is -0.923. The SMILES string of the molecule is CCc1cccc(C)c1NC(=O)C1(C(=O)NCCc2ccc(Cl)cc2)CC1. The molecule has 0 bridgehead atoms. The second-order valence-electron chi connectivity index (χ2n) is 7.13. The highest BCUT2D eigenvalue weighted by molar-refractivity contribution is 6.30. The Bertz CT molecular complexity index is 842. The number of carbonyl (C=O) groups is 2. The highest BCUT2D eigenvalue weighted by atomic mass is 35.5. The van der Waals surface area contributed by atoms with Crippen molar-refractivity contribution in [1.29, 1.82) is 0 Å². The molecule has 5 heteroatoms. The minimum absolute atomic E-state index is 0.180. The van der Waals surface area contributed by atoms with E-state index in [2.05, 4.69) is 17.6 Å². The number of benzene rings is 2. The van der Waals surface area contributed by atoms with Gasteiger partial charge in [-0.05, 0) is 61.4 Å². The Hall–Kier alpha value is -2.33. The van der Waals surface area contributed by atoms with Gasteiger partial charge in [-0.2, -0.15) is 0 Å². The minimum Gasteiger partial charge on any atom is -0.355 e. The first-order valence-corrected chi connectivity index (χ1v) is 9.77. The van der Waals surface area contributed by atoms with Gasteiger partial charge in [-0.1, -0.05) is 48.9 Å². The molecule has 2 aromatic carbocycles. The molecule has 4 nitrogen and oxygen atoms in total. The molecule has 1 saturated carbocycles. The Labute approximate surface area is 165 Å². The van der Waals surface area contributed by atoms with E-state index in [-0.39, 0.29) is 11.8 Å². The quantitative estimate of drug-likeness (QED) is 0.699. The van der Waals surface area contributed by atoms with Crippen molar-refractivity contribution < 1.29 is 9.59 Å². The predicted molar refractivity (Wildman–Crippen MR) is 109 cm³/mol. The van der Waals surface area contributed by atoms with Gasteiger partial charge in [0.1, 0.15) is 5.41 Å². The molecule has 1 aliphatic rings. The molecule has 0 aromatic heterocycles. The Morgan fingerprint density at radius 3 is 2.41 bits per heavy atom. The van der Waals surface area contributed by atoms with E-state index in [1.54, 1.807) is 0 Å². The van der Waals surface area contributed by atoms with Gasteiger partial charge in [0.05, 0.1) is 0 Å². The highest BCUT2D eigenvalue weighted by Gasteiger charge is 2.56. The van der Waals surface area contributed by atoms with Crippen molar-refractivity contribution in [3.8, 4) is 0 Å². The van der Waals surface area contributed by atoms with Crippen LogP contribution in [0.2, 0.25) is 5.02 Å². The van der Waals surface area contributed by atoms with Crippen LogP contribution in [-0.2, 0) is 22.4 Å². The summed E-state index contributed by atoms with van der Waals surface area (Å²) < 4.78 is 0. The van der Waals surface area contributed by atoms with E-state index >= 15 is 0 Å². The maximum Gasteiger partial charge on any atom is 0.240 e. The van der Waals surface area contributed by atoms with Crippen LogP contribution < -0.4 is 10.6 Å². The number of halogens is 1. The number of rotatable bonds is 7. The summed E-state index contributed by atoms with van der Waals surface area (Å²) in [6, 6.07) is 13.5. The topological polar surface area (TPSA) is 58.2 Å². The molecule has 0 heterocycles. The molecule has 0 saturated heterocycles. The van der Waals surface area contributed by atoms with Crippen LogP contribution in [0.1, 0.15) is 36.5 Å². The number of anilines is 1. The van der Waals surface area contributed by atoms with E-state index in [0.717, 1.165) is 28.8 Å². The van der Waals surface area contributed by atoms with Gasteiger partial charge in [-0.3, -0.25) is 9.59 Å². The van der Waals surface area contributed by atoms with Crippen LogP contribution in [0.25, 0.3) is 0 Å². The molecule has 0 atom stereocenters. The molecule has 0 aliphatic heterocycles. The number of para-hydroxylation sites is 1. The Morgan fingerprint density at radius 1 is 1.07 bits per heavy atom. The van der Waals surface area contributed by atoms with E-state index < -0.39 is 5.41 Å². The molecule has 1 fully saturated rings. The Kier molecular flexibility index (Phi) is 5.85. The van der Waals surface area contributed by atoms with Crippen LogP contribution in [-0.4, -0.2) is 18.4 Å². The lowest BCUT2D eigenvalue weighted by atomic mass is 10.0. The molecule has 3 rings (SSSR count). The Balaban J connectivity index is 1.60. The summed E-state index contributed by atoms with van der Waals surface area (Å²) in [6.07, 6.45) is 2.73. The maximum absolute atomic E-state index is 12.8. The molecule has 2 aromatic rings. The van der Waals surface area contributed by atoms with Gasteiger partial charge in [0, 0.05) is 17.3 Å². The van der Waals surface area contributed by atoms with Crippen LogP contribution in [0.3, 0.4) is 0 Å². The van der Waals surface area contributed by atoms with Crippen molar-refractivity contribution >= 4 is 29.1 Å². The lowest BCUT2D eigenvalue weighted by Crippen LogP contribution is -2.40. The summed E-state index contributed by atoms with van der Waals surface area (Å²) >= 11 is 5.88. The monoisotopic (exact) mass is 384 g/mol. The van der Waals surface area contributed by atoms with E-state index in [9.17, 15) is 9.59 Å². The van der Waals surface area contributed by atoms with Gasteiger partial charge < -0.3 is 10.6 Å². The van der Waals surface area contributed by atoms with Gasteiger partial charge in [0.2, 0.25) is 11.8 Å². The Morgan fingerprint density at radius 2 is 1.78 bits per heavy atom. The second kappa shape index (κ2) is 8.13. The number of hydrogen-bond acceptors (Lipinski definition) is 2. The standard InChI is InChI=1S/C22H25ClN2O2/c1-3-17-6-4-5-15(2)19(17)25-21(27)22(12-13-22)20(26)24-14-11-16-7-9-18(23)10-8-16/h4-10H,3,11-14H2,1-2H3,(H,24,26)(H,25,27). The summed E-state index contributed by atoms with van der Waals surface area (Å²) in [5.41, 5.74) is 3.11. The molecule has 1 aliphatic carbocycles. The first-order chi connectivity index (χ1) is 13.0. The third-order valence-electron chi connectivity index (χ3n) is 5.21. The summed E-state index contributed by atoms with van der Waals surface area (Å²) in [4.78, 5) is 25.5. The lowest BCUT2D eigenvalue weighted by molar-refractivity contribution is -0.134. The van der Waals surface area contributed by atoms with Crippen molar-refractivity contribution in [3.05, 3.63) is 64.2 Å². The van der Waals surface area contributed by atoms with Gasteiger partial charge in [-0.15, -0.1) is 0 Å². The smallest absolute Gasteiger partial charge is 0.240 e. The van der Waals surface area contributed by atoms with Crippen molar-refractivity contribution in [2.24, 2.45) is 5.41 Å². The molecule has 27 heavy (non-hydrogen) atoms. The van der Waals surface area contributed by atoms with Crippen molar-refractivity contribution in [1.82, 2.24) is 5.32 Å². The molecule has 142 valence electrons. The van der Waals surface area contributed by atoms with Crippen LogP contribution in [0.15, 0.2) is 42.5 Å². The van der Waals surface area contributed by atoms with Crippen molar-refractivity contribution in [2.75, 3.05) is 11.9 Å². The zero-order chi connectivity index (χ0) is 19.4. The number of carbonyl (C=O) groups excluding carboxylic acids is 2. The normalized spacial score (nSPS) is 14.5. The average molecular weight is 385 g/mol. The highest BCUT2D eigenvalue weighted by Crippen LogP contribution is 2.47. The van der Waals surface area contributed by atoms with Gasteiger partial charge >= 0.3 is 0 Å². The van der Waals surface area contributed by atoms with E-state index in [4.69, 9.17) is 11.6 Å². The number of nitrogens with one attached hydrogen (secondary N) is 2. The molecule has 0 unspecified atom stereocenters. The maximum atomic E-state index is 12.8. The summed E-state index contributed by atoms with van der Waals surface area (Å²) in [5.74, 6) is -0.379. The van der Waals surface area contributed by atoms with Gasteiger partial charge in [-0.25, -0.2) is 0 Å². The van der Waals surface area contributed by atoms with E-state index in [0.29, 0.717) is 30.8 Å². The molecular weight excluding hydrogens is 360 g/mol. The first kappa shape index (κ1) is 19.4. The van der Waals surface area contributed by atoms with Crippen LogP contribution in [0.4, 0.5) is 5.69 Å². The van der Waals surface area contributed by atoms with Crippen LogP contribution in [0.5, 0.6) is 0 Å². The van der Waals surface area contributed by atoms with Crippen molar-refractivity contribution in [3.63, 3.8) is 0 Å². The third-order valence-corrected chi connectivity index (χ3v) is 5.46. The molecular formula is C22H25ClN2O2. The number of hydrogen-bond donors (Lipinski definition) is 2. The zero-order valence-electron chi connectivity index (χ0n) is 15.8. The fourth-order valence-electron chi connectivity index (χ4n) is 3.26. The van der Waals surface area contributed by atoms with Gasteiger partial charge in [0.25, 0.3) is 0 Å². The average Bonchev–Trinajstić information content (AvgIpc) is 3.47. The molecule has 2 N–H and O–H groups in total. The number of amides is 2. The summed E-state index contributed by atoms with van der Waals surface area (Å²) in [6.45, 7) is 4.53. The lowest BCUT2D eigenvalue weighted by Gasteiger charge is -2.18. The third kappa shape index (κ3) is 4.33. The largest absolute Gasteiger partial charge is 0.355 e. The molecule has 0 spiro atoms. The van der Waals surface area contributed by atoms with Crippen LogP contribution in [0, 0.1) is 12.3 Å². The first-order valence-electron chi connectivity index (χ1n) is 9.39. The summed E-state index contributed by atoms with van der Waals surface area (Å²) in [7, 11) is 0. The summed E-state index contributed by atoms with van der Waals surface area (Å²) in [5, 5.41) is 6.63. The fraction of sp³-hybridized carbons (Fsp3) is 0.364. The van der Waals surface area contributed by atoms with Crippen molar-refractivity contribution in [2.45, 2.75) is 39.5 Å². The van der Waals surface area contributed by atoms with Crippen LogP contribution >= 0.6 is 11.6 Å². The molecule has 2 amide bonds. The molecule has 0 radical (unpaired) electrons. The van der Waals surface area contributed by atoms with E-state index in [1.807, 2.05) is 49.4 Å². The fourth-order valence-corrected chi connectivity index (χ4v) is 3.38. The van der Waals surface area contributed by atoms with E-state index in [1.165, 1.54) is 0 Å². The number of aryl methyl sites for hydroxylation is 2.